The highest BCUT2D eigenvalue weighted by atomic mass is 35.5. The number of furan rings is 1. The van der Waals surface area contributed by atoms with Crippen LogP contribution in [0.4, 0.5) is 10.3 Å². The molecule has 1 N–H and O–H groups in total. The van der Waals surface area contributed by atoms with Gasteiger partial charge in [0.05, 0.1) is 6.54 Å². The van der Waals surface area contributed by atoms with Gasteiger partial charge < -0.3 is 9.15 Å². The summed E-state index contributed by atoms with van der Waals surface area (Å²) in [5.41, 5.74) is 1.29. The zero-order valence-electron chi connectivity index (χ0n) is 16.5. The summed E-state index contributed by atoms with van der Waals surface area (Å²) in [5, 5.41) is 6.96. The maximum atomic E-state index is 13.9. The van der Waals surface area contributed by atoms with E-state index in [9.17, 15) is 9.18 Å². The van der Waals surface area contributed by atoms with Crippen molar-refractivity contribution < 1.29 is 18.3 Å². The molecule has 0 bridgehead atoms. The summed E-state index contributed by atoms with van der Waals surface area (Å²) in [6, 6.07) is 15.3. The molecule has 0 spiro atoms. The van der Waals surface area contributed by atoms with Crippen molar-refractivity contribution >= 4 is 23.5 Å². The van der Waals surface area contributed by atoms with Crippen LogP contribution >= 0.6 is 11.6 Å². The van der Waals surface area contributed by atoms with Gasteiger partial charge in [-0.25, -0.2) is 14.1 Å². The Labute approximate surface area is 182 Å². The zero-order chi connectivity index (χ0) is 21.8. The molecular weight excluding hydrogens is 423 g/mol. The van der Waals surface area contributed by atoms with E-state index in [2.05, 4.69) is 15.4 Å². The Bertz CT molecular complexity index is 1200. The van der Waals surface area contributed by atoms with Gasteiger partial charge in [-0.05, 0) is 42.8 Å². The standard InChI is InChI=1S/C22H18ClFN4O3/c1-14-5-2-3-8-19(14)30-12-15-9-10-20(31-15)21(29)26-22-25-13-28(27-22)11-16-17(23)6-4-7-18(16)24/h2-10,13H,11-12H2,1H3,(H,26,27,29). The van der Waals surface area contributed by atoms with Crippen LogP contribution in [-0.2, 0) is 13.2 Å². The molecular formula is C22H18ClFN4O3. The molecule has 158 valence electrons. The lowest BCUT2D eigenvalue weighted by Crippen LogP contribution is -2.13. The summed E-state index contributed by atoms with van der Waals surface area (Å²) >= 11 is 6.03. The molecule has 0 aliphatic carbocycles. The second-order valence-corrected chi connectivity index (χ2v) is 7.15. The molecule has 0 aliphatic rings. The van der Waals surface area contributed by atoms with Crippen molar-refractivity contribution in [3.8, 4) is 5.75 Å². The van der Waals surface area contributed by atoms with E-state index in [1.165, 1.54) is 23.1 Å². The Kier molecular flexibility index (Phi) is 5.99. The Hall–Kier alpha value is -3.65. The number of aromatic nitrogens is 3. The highest BCUT2D eigenvalue weighted by Gasteiger charge is 2.15. The van der Waals surface area contributed by atoms with E-state index >= 15 is 0 Å². The number of hydrogen-bond donors (Lipinski definition) is 1. The lowest BCUT2D eigenvalue weighted by Gasteiger charge is -2.06. The van der Waals surface area contributed by atoms with Gasteiger partial charge in [0, 0.05) is 10.6 Å². The molecule has 0 atom stereocenters. The summed E-state index contributed by atoms with van der Waals surface area (Å²) in [6.45, 7) is 2.21. The number of halogens is 2. The number of amides is 1. The van der Waals surface area contributed by atoms with E-state index in [-0.39, 0.29) is 35.4 Å². The molecule has 7 nitrogen and oxygen atoms in total. The van der Waals surface area contributed by atoms with Crippen LogP contribution in [0.2, 0.25) is 5.02 Å². The molecule has 31 heavy (non-hydrogen) atoms. The molecule has 4 rings (SSSR count). The number of para-hydroxylation sites is 1. The topological polar surface area (TPSA) is 82.2 Å². The molecule has 0 radical (unpaired) electrons. The van der Waals surface area contributed by atoms with Crippen molar-refractivity contribution in [3.05, 3.63) is 94.4 Å². The third kappa shape index (κ3) is 4.92. The van der Waals surface area contributed by atoms with Gasteiger partial charge in [-0.15, -0.1) is 5.10 Å². The fourth-order valence-corrected chi connectivity index (χ4v) is 3.10. The van der Waals surface area contributed by atoms with Crippen molar-refractivity contribution in [2.24, 2.45) is 0 Å². The molecule has 2 aromatic carbocycles. The van der Waals surface area contributed by atoms with Crippen LogP contribution in [0.5, 0.6) is 5.75 Å². The summed E-state index contributed by atoms with van der Waals surface area (Å²) in [4.78, 5) is 16.4. The lowest BCUT2D eigenvalue weighted by molar-refractivity contribution is 0.0991. The molecule has 0 saturated carbocycles. The number of nitrogens with zero attached hydrogens (tertiary/aromatic N) is 3. The third-order valence-corrected chi connectivity index (χ3v) is 4.85. The first kappa shape index (κ1) is 20.6. The van der Waals surface area contributed by atoms with Gasteiger partial charge in [-0.1, -0.05) is 35.9 Å². The summed E-state index contributed by atoms with van der Waals surface area (Å²) in [5.74, 6) is 0.451. The molecule has 2 heterocycles. The predicted octanol–water partition coefficient (Wildman–Crippen LogP) is 4.85. The van der Waals surface area contributed by atoms with Gasteiger partial charge in [0.1, 0.15) is 30.3 Å². The van der Waals surface area contributed by atoms with Crippen LogP contribution in [-0.4, -0.2) is 20.7 Å². The highest BCUT2D eigenvalue weighted by Crippen LogP contribution is 2.21. The quantitative estimate of drug-likeness (QED) is 0.444. The number of rotatable bonds is 7. The first-order chi connectivity index (χ1) is 15.0. The van der Waals surface area contributed by atoms with Crippen molar-refractivity contribution in [2.75, 3.05) is 5.32 Å². The first-order valence-electron chi connectivity index (χ1n) is 9.40. The number of carbonyl (C=O) groups excluding carboxylic acids is 1. The van der Waals surface area contributed by atoms with Crippen LogP contribution in [0.3, 0.4) is 0 Å². The Balaban J connectivity index is 1.36. The monoisotopic (exact) mass is 440 g/mol. The summed E-state index contributed by atoms with van der Waals surface area (Å²) < 4.78 is 26.6. The van der Waals surface area contributed by atoms with Crippen molar-refractivity contribution in [1.82, 2.24) is 14.8 Å². The van der Waals surface area contributed by atoms with Gasteiger partial charge in [0.2, 0.25) is 5.95 Å². The van der Waals surface area contributed by atoms with E-state index < -0.39 is 11.7 Å². The minimum absolute atomic E-state index is 0.0616. The van der Waals surface area contributed by atoms with Crippen molar-refractivity contribution in [2.45, 2.75) is 20.1 Å². The van der Waals surface area contributed by atoms with Gasteiger partial charge >= 0.3 is 0 Å². The van der Waals surface area contributed by atoms with Crippen LogP contribution in [0.25, 0.3) is 0 Å². The van der Waals surface area contributed by atoms with Gasteiger partial charge in [0.15, 0.2) is 5.76 Å². The number of carbonyl (C=O) groups is 1. The SMILES string of the molecule is Cc1ccccc1OCc1ccc(C(=O)Nc2ncn(Cc3c(F)cccc3Cl)n2)o1. The number of anilines is 1. The maximum absolute atomic E-state index is 13.9. The largest absolute Gasteiger partial charge is 0.485 e. The highest BCUT2D eigenvalue weighted by molar-refractivity contribution is 6.31. The predicted molar refractivity (Wildman–Crippen MR) is 113 cm³/mol. The smallest absolute Gasteiger partial charge is 0.293 e. The average molecular weight is 441 g/mol. The molecule has 2 aromatic heterocycles. The second kappa shape index (κ2) is 9.01. The molecule has 1 amide bonds. The van der Waals surface area contributed by atoms with E-state index in [4.69, 9.17) is 20.8 Å². The average Bonchev–Trinajstić information content (AvgIpc) is 3.40. The lowest BCUT2D eigenvalue weighted by atomic mass is 10.2. The van der Waals surface area contributed by atoms with E-state index in [0.717, 1.165) is 11.3 Å². The Morgan fingerprint density at radius 3 is 2.84 bits per heavy atom. The fraction of sp³-hybridized carbons (Fsp3) is 0.136. The van der Waals surface area contributed by atoms with Gasteiger partial charge in [0.25, 0.3) is 5.91 Å². The molecule has 0 saturated heterocycles. The zero-order valence-corrected chi connectivity index (χ0v) is 17.3. The van der Waals surface area contributed by atoms with Gasteiger partial charge in [-0.2, -0.15) is 0 Å². The van der Waals surface area contributed by atoms with E-state index in [1.54, 1.807) is 18.2 Å². The minimum atomic E-state index is -0.510. The van der Waals surface area contributed by atoms with Crippen LogP contribution in [0.1, 0.15) is 27.4 Å². The number of ether oxygens (including phenoxy) is 1. The number of hydrogen-bond acceptors (Lipinski definition) is 5. The molecule has 0 unspecified atom stereocenters. The number of benzene rings is 2. The molecule has 0 fully saturated rings. The maximum Gasteiger partial charge on any atom is 0.293 e. The summed E-state index contributed by atoms with van der Waals surface area (Å²) in [6.07, 6.45) is 1.38. The minimum Gasteiger partial charge on any atom is -0.485 e. The van der Waals surface area contributed by atoms with Crippen molar-refractivity contribution in [1.29, 1.82) is 0 Å². The summed E-state index contributed by atoms with van der Waals surface area (Å²) in [7, 11) is 0. The van der Waals surface area contributed by atoms with Crippen LogP contribution in [0, 0.1) is 12.7 Å². The Morgan fingerprint density at radius 1 is 1.19 bits per heavy atom. The third-order valence-electron chi connectivity index (χ3n) is 4.49. The number of nitrogens with one attached hydrogen (secondary N) is 1. The van der Waals surface area contributed by atoms with Crippen LogP contribution < -0.4 is 10.1 Å². The van der Waals surface area contributed by atoms with E-state index in [0.29, 0.717) is 5.76 Å². The van der Waals surface area contributed by atoms with Gasteiger partial charge in [-0.3, -0.25) is 10.1 Å². The van der Waals surface area contributed by atoms with Crippen molar-refractivity contribution in [3.63, 3.8) is 0 Å². The molecule has 9 heteroatoms. The first-order valence-corrected chi connectivity index (χ1v) is 9.78. The number of aryl methyl sites for hydroxylation is 1. The normalized spacial score (nSPS) is 10.8. The molecule has 4 aromatic rings. The second-order valence-electron chi connectivity index (χ2n) is 6.74. The Morgan fingerprint density at radius 2 is 2.03 bits per heavy atom. The molecule has 0 aliphatic heterocycles. The fourth-order valence-electron chi connectivity index (χ4n) is 2.88. The van der Waals surface area contributed by atoms with E-state index in [1.807, 2.05) is 31.2 Å². The van der Waals surface area contributed by atoms with Crippen LogP contribution in [0.15, 0.2) is 65.3 Å².